The van der Waals surface area contributed by atoms with E-state index in [1.165, 1.54) is 0 Å². The first-order valence-electron chi connectivity index (χ1n) is 9.10. The average Bonchev–Trinajstić information content (AvgIpc) is 2.43. The van der Waals surface area contributed by atoms with E-state index in [1.54, 1.807) is 13.8 Å². The molecule has 1 fully saturated rings. The lowest BCUT2D eigenvalue weighted by Gasteiger charge is -2.42. The monoisotopic (exact) mass is 368 g/mol. The summed E-state index contributed by atoms with van der Waals surface area (Å²) in [6.07, 6.45) is -0.861. The molecule has 1 N–H and O–H groups in total. The average molecular weight is 368 g/mol. The van der Waals surface area contributed by atoms with Crippen LogP contribution in [0.25, 0.3) is 0 Å². The van der Waals surface area contributed by atoms with Crippen molar-refractivity contribution in [3.8, 4) is 0 Å². The summed E-state index contributed by atoms with van der Waals surface area (Å²) in [5.41, 5.74) is 1.36. The molecule has 1 aromatic rings. The summed E-state index contributed by atoms with van der Waals surface area (Å²) in [5.74, 6) is 1.54. The number of hydrogen-bond donors (Lipinski definition) is 1. The number of alkyl halides is 2. The highest BCUT2D eigenvalue weighted by atomic mass is 19.3. The highest BCUT2D eigenvalue weighted by Gasteiger charge is 2.35. The van der Waals surface area contributed by atoms with Gasteiger partial charge in [0.1, 0.15) is 11.6 Å². The van der Waals surface area contributed by atoms with E-state index >= 15 is 0 Å². The molecule has 0 radical (unpaired) electrons. The minimum absolute atomic E-state index is 0.0987. The van der Waals surface area contributed by atoms with Gasteiger partial charge in [0, 0.05) is 43.2 Å². The van der Waals surface area contributed by atoms with Crippen molar-refractivity contribution in [2.75, 3.05) is 11.9 Å². The molecule has 26 heavy (non-hydrogen) atoms. The van der Waals surface area contributed by atoms with Crippen LogP contribution >= 0.6 is 0 Å². The lowest BCUT2D eigenvalue weighted by atomic mass is 9.83. The van der Waals surface area contributed by atoms with E-state index in [1.807, 2.05) is 27.8 Å². The molecule has 0 spiro atoms. The Morgan fingerprint density at radius 3 is 2.46 bits per heavy atom. The molecule has 1 aliphatic carbocycles. The zero-order chi connectivity index (χ0) is 19.6. The number of halogens is 2. The molecule has 0 unspecified atom stereocenters. The van der Waals surface area contributed by atoms with Gasteiger partial charge in [0.15, 0.2) is 0 Å². The maximum Gasteiger partial charge on any atom is 0.239 e. The highest BCUT2D eigenvalue weighted by molar-refractivity contribution is 5.77. The molecule has 1 aromatic heterocycles. The Morgan fingerprint density at radius 2 is 1.88 bits per heavy atom. The second-order valence-electron chi connectivity index (χ2n) is 8.24. The van der Waals surface area contributed by atoms with Gasteiger partial charge in [-0.25, -0.2) is 18.7 Å². The molecular weight excluding hydrogens is 338 g/mol. The zero-order valence-corrected chi connectivity index (χ0v) is 16.6. The summed E-state index contributed by atoms with van der Waals surface area (Å²) in [4.78, 5) is 23.2. The number of aromatic nitrogens is 2. The van der Waals surface area contributed by atoms with Crippen LogP contribution in [0.4, 0.5) is 14.6 Å². The normalized spacial score (nSPS) is 20.0. The van der Waals surface area contributed by atoms with Gasteiger partial charge in [-0.1, -0.05) is 13.8 Å². The van der Waals surface area contributed by atoms with E-state index < -0.39 is 11.8 Å². The van der Waals surface area contributed by atoms with Crippen molar-refractivity contribution in [1.82, 2.24) is 15.3 Å². The maximum atomic E-state index is 12.6. The van der Waals surface area contributed by atoms with Crippen LogP contribution in [0.5, 0.6) is 0 Å². The molecule has 1 heterocycles. The summed E-state index contributed by atoms with van der Waals surface area (Å²) >= 11 is 0. The zero-order valence-electron chi connectivity index (χ0n) is 16.6. The van der Waals surface area contributed by atoms with Crippen LogP contribution in [-0.4, -0.2) is 41.4 Å². The Hall–Kier alpha value is -1.79. The molecule has 2 rings (SSSR count). The van der Waals surface area contributed by atoms with Gasteiger partial charge in [0.05, 0.1) is 0 Å². The Kier molecular flexibility index (Phi) is 6.19. The summed E-state index contributed by atoms with van der Waals surface area (Å²) in [6, 6.07) is 0.406. The number of rotatable bonds is 7. The first-order valence-corrected chi connectivity index (χ1v) is 9.10. The van der Waals surface area contributed by atoms with Crippen LogP contribution in [0.1, 0.15) is 56.6 Å². The second kappa shape index (κ2) is 7.84. The van der Waals surface area contributed by atoms with Crippen LogP contribution in [0.15, 0.2) is 0 Å². The van der Waals surface area contributed by atoms with Crippen molar-refractivity contribution in [2.45, 2.75) is 78.8 Å². The fraction of sp³-hybridized carbons (Fsp3) is 0.737. The van der Waals surface area contributed by atoms with Crippen molar-refractivity contribution in [2.24, 2.45) is 5.41 Å². The topological polar surface area (TPSA) is 58.1 Å². The summed E-state index contributed by atoms with van der Waals surface area (Å²) in [6.45, 7) is 9.29. The quantitative estimate of drug-likeness (QED) is 0.800. The Balaban J connectivity index is 1.86. The van der Waals surface area contributed by atoms with Crippen LogP contribution < -0.4 is 10.2 Å². The van der Waals surface area contributed by atoms with E-state index in [2.05, 4.69) is 20.2 Å². The fourth-order valence-electron chi connectivity index (χ4n) is 3.49. The maximum absolute atomic E-state index is 12.6. The van der Waals surface area contributed by atoms with Crippen molar-refractivity contribution in [3.63, 3.8) is 0 Å². The van der Waals surface area contributed by atoms with Gasteiger partial charge in [-0.2, -0.15) is 0 Å². The number of anilines is 1. The lowest BCUT2D eigenvalue weighted by molar-refractivity contribution is -0.124. The number of aryl methyl sites for hydroxylation is 2. The van der Waals surface area contributed by atoms with Gasteiger partial charge >= 0.3 is 0 Å². The molecule has 0 aromatic carbocycles. The molecule has 146 valence electrons. The molecule has 5 nitrogen and oxygen atoms in total. The number of hydrogen-bond acceptors (Lipinski definition) is 4. The van der Waals surface area contributed by atoms with Gasteiger partial charge < -0.3 is 10.2 Å². The highest BCUT2D eigenvalue weighted by Crippen LogP contribution is 2.32. The molecule has 0 atom stereocenters. The minimum atomic E-state index is -2.39. The predicted molar refractivity (Wildman–Crippen MR) is 98.6 cm³/mol. The molecule has 1 aliphatic rings. The van der Waals surface area contributed by atoms with Crippen LogP contribution in [-0.2, 0) is 4.79 Å². The molecule has 1 amide bonds. The molecule has 0 aliphatic heterocycles. The van der Waals surface area contributed by atoms with Gasteiger partial charge in [0.2, 0.25) is 12.3 Å². The number of carbonyl (C=O) groups is 1. The van der Waals surface area contributed by atoms with Gasteiger partial charge in [-0.3, -0.25) is 4.79 Å². The van der Waals surface area contributed by atoms with Crippen LogP contribution in [0, 0.1) is 26.2 Å². The van der Waals surface area contributed by atoms with Crippen molar-refractivity contribution >= 4 is 11.7 Å². The van der Waals surface area contributed by atoms with Crippen LogP contribution in [0.2, 0.25) is 0 Å². The number of carbonyl (C=O) groups excluding carboxylic acids is 1. The first kappa shape index (κ1) is 20.5. The summed E-state index contributed by atoms with van der Waals surface area (Å²) in [5, 5.41) is 2.98. The molecule has 7 heteroatoms. The van der Waals surface area contributed by atoms with Gasteiger partial charge in [0.25, 0.3) is 0 Å². The van der Waals surface area contributed by atoms with E-state index in [-0.39, 0.29) is 24.8 Å². The van der Waals surface area contributed by atoms with E-state index in [4.69, 9.17) is 0 Å². The van der Waals surface area contributed by atoms with Crippen molar-refractivity contribution in [3.05, 3.63) is 17.1 Å². The van der Waals surface area contributed by atoms with Crippen molar-refractivity contribution in [1.29, 1.82) is 0 Å². The standard InChI is InChI=1S/C19H30F2N4O/c1-11-12(2)22-13(3)23-18(11)25(6)15-7-14(8-15)24-17(26)10-19(4,5)9-16(20)21/h14-16H,7-10H2,1-6H3,(H,24,26). The summed E-state index contributed by atoms with van der Waals surface area (Å²) in [7, 11) is 2.02. The lowest BCUT2D eigenvalue weighted by Crippen LogP contribution is -2.53. The third-order valence-corrected chi connectivity index (χ3v) is 5.18. The fourth-order valence-corrected chi connectivity index (χ4v) is 3.49. The third-order valence-electron chi connectivity index (χ3n) is 5.18. The van der Waals surface area contributed by atoms with Crippen molar-refractivity contribution < 1.29 is 13.6 Å². The minimum Gasteiger partial charge on any atom is -0.356 e. The van der Waals surface area contributed by atoms with E-state index in [9.17, 15) is 13.6 Å². The third kappa shape index (κ3) is 5.11. The van der Waals surface area contributed by atoms with Gasteiger partial charge in [-0.15, -0.1) is 0 Å². The summed E-state index contributed by atoms with van der Waals surface area (Å²) < 4.78 is 25.1. The molecule has 0 bridgehead atoms. The number of amides is 1. The second-order valence-corrected chi connectivity index (χ2v) is 8.24. The Bertz CT molecular complexity index is 657. The Morgan fingerprint density at radius 1 is 1.27 bits per heavy atom. The van der Waals surface area contributed by atoms with E-state index in [0.29, 0.717) is 6.04 Å². The molecule has 0 saturated heterocycles. The van der Waals surface area contributed by atoms with Crippen LogP contribution in [0.3, 0.4) is 0 Å². The first-order chi connectivity index (χ1) is 12.0. The SMILES string of the molecule is Cc1nc(C)c(C)c(N(C)C2CC(NC(=O)CC(C)(C)CC(F)F)C2)n1. The van der Waals surface area contributed by atoms with E-state index in [0.717, 1.165) is 35.7 Å². The largest absolute Gasteiger partial charge is 0.356 e. The number of nitrogens with zero attached hydrogens (tertiary/aromatic N) is 3. The molecular formula is C19H30F2N4O. The molecule has 1 saturated carbocycles. The smallest absolute Gasteiger partial charge is 0.239 e. The van der Waals surface area contributed by atoms with Gasteiger partial charge in [-0.05, 0) is 39.0 Å². The number of nitrogens with one attached hydrogen (secondary N) is 1. The Labute approximate surface area is 154 Å². The predicted octanol–water partition coefficient (Wildman–Crippen LogP) is 3.56.